The Balaban J connectivity index is -0.0000000607. The Morgan fingerprint density at radius 1 is 0.882 bits per heavy atom. The minimum Gasteiger partial charge on any atom is -0.724 e. The van der Waals surface area contributed by atoms with E-state index in [0.717, 1.165) is 0 Å². The van der Waals surface area contributed by atoms with Crippen LogP contribution in [0.5, 0.6) is 0 Å². The Morgan fingerprint density at radius 3 is 1.06 bits per heavy atom. The maximum absolute atomic E-state index is 9.37. The van der Waals surface area contributed by atoms with Crippen molar-refractivity contribution in [2.75, 3.05) is 0 Å². The summed E-state index contributed by atoms with van der Waals surface area (Å²) < 4.78 is 84.3. The SMILES string of the molecule is N.O=S(=O)([O-])OOS(=O)(=O)[O-].O=S(O)O.[Na+].[Na+]. The van der Waals surface area contributed by atoms with Gasteiger partial charge in [0.2, 0.25) is 20.8 Å². The average Bonchev–Trinajstić information content (AvgIpc) is 1.79. The van der Waals surface area contributed by atoms with Gasteiger partial charge in [0, 0.05) is 0 Å². The first-order valence-corrected chi connectivity index (χ1v) is 5.76. The van der Waals surface area contributed by atoms with E-state index in [9.17, 15) is 25.9 Å². The molecular weight excluding hydrogens is 332 g/mol. The molecule has 0 aromatic heterocycles. The first kappa shape index (κ1) is 31.3. The Hall–Kier alpha value is 1.77. The van der Waals surface area contributed by atoms with E-state index in [1.165, 1.54) is 0 Å². The second-order valence-electron chi connectivity index (χ2n) is 1.18. The van der Waals surface area contributed by atoms with Gasteiger partial charge in [0.05, 0.1) is 0 Å². The van der Waals surface area contributed by atoms with E-state index in [4.69, 9.17) is 13.3 Å². The summed E-state index contributed by atoms with van der Waals surface area (Å²) in [6.07, 6.45) is 0. The van der Waals surface area contributed by atoms with E-state index >= 15 is 0 Å². The van der Waals surface area contributed by atoms with Crippen molar-refractivity contribution in [3.8, 4) is 0 Å². The molecule has 0 bridgehead atoms. The van der Waals surface area contributed by atoms with Crippen molar-refractivity contribution in [3.05, 3.63) is 0 Å². The van der Waals surface area contributed by atoms with Crippen LogP contribution in [0, 0.1) is 0 Å². The van der Waals surface area contributed by atoms with Gasteiger partial charge in [-0.25, -0.2) is 16.8 Å². The summed E-state index contributed by atoms with van der Waals surface area (Å²) in [6.45, 7) is 0. The zero-order chi connectivity index (χ0) is 12.0. The van der Waals surface area contributed by atoms with Crippen molar-refractivity contribution >= 4 is 32.2 Å². The fourth-order valence-electron chi connectivity index (χ4n) is 0.0680. The maximum Gasteiger partial charge on any atom is 1.00 e. The minimum absolute atomic E-state index is 0. The largest absolute Gasteiger partial charge is 1.00 e. The zero-order valence-corrected chi connectivity index (χ0v) is 15.0. The van der Waals surface area contributed by atoms with Gasteiger partial charge in [-0.1, -0.05) is 0 Å². The van der Waals surface area contributed by atoms with Gasteiger partial charge in [0.1, 0.15) is 0 Å². The smallest absolute Gasteiger partial charge is 0.724 e. The molecule has 96 valence electrons. The van der Waals surface area contributed by atoms with Crippen molar-refractivity contribution in [1.82, 2.24) is 6.15 Å². The molecule has 0 aromatic rings. The molecule has 17 heteroatoms. The molecule has 0 heterocycles. The van der Waals surface area contributed by atoms with Crippen molar-refractivity contribution in [2.45, 2.75) is 0 Å². The van der Waals surface area contributed by atoms with Crippen LogP contribution in [0.4, 0.5) is 0 Å². The van der Waals surface area contributed by atoms with Gasteiger partial charge in [-0.2, -0.15) is 4.21 Å². The van der Waals surface area contributed by atoms with E-state index in [1.807, 2.05) is 0 Å². The molecule has 0 aliphatic heterocycles. The van der Waals surface area contributed by atoms with E-state index in [0.29, 0.717) is 0 Å². The van der Waals surface area contributed by atoms with E-state index < -0.39 is 32.2 Å². The Labute approximate surface area is 144 Å². The molecule has 0 fully saturated rings. The summed E-state index contributed by atoms with van der Waals surface area (Å²) in [4.78, 5) is 0. The molecule has 0 aliphatic carbocycles. The van der Waals surface area contributed by atoms with Crippen LogP contribution in [-0.4, -0.2) is 39.3 Å². The quantitative estimate of drug-likeness (QED) is 0.109. The Bertz CT molecular complexity index is 332. The molecule has 0 atom stereocenters. The first-order chi connectivity index (χ1) is 5.94. The van der Waals surface area contributed by atoms with Crippen molar-refractivity contribution in [2.24, 2.45) is 0 Å². The van der Waals surface area contributed by atoms with Gasteiger partial charge >= 0.3 is 59.1 Å². The van der Waals surface area contributed by atoms with Gasteiger partial charge in [-0.3, -0.25) is 9.11 Å². The summed E-state index contributed by atoms with van der Waals surface area (Å²) in [5, 5.41) is 0. The number of hydrogen-bond acceptors (Lipinski definition) is 10. The van der Waals surface area contributed by atoms with Crippen LogP contribution >= 0.6 is 0 Å². The third-order valence-corrected chi connectivity index (χ3v) is 0.750. The summed E-state index contributed by atoms with van der Waals surface area (Å²) in [6, 6.07) is 0. The van der Waals surface area contributed by atoms with Gasteiger partial charge in [0.25, 0.3) is 11.4 Å². The summed E-state index contributed by atoms with van der Waals surface area (Å²) in [5.41, 5.74) is 0. The standard InChI is InChI=1S/H3N.2Na.H2O8S2.H2O3S/c;;;1-9(2,3)7-8-10(4,5)6;1-4(2)3/h1H3;;;(H,1,2,3)(H,4,5,6);(H2,1,2,3)/q;2*+1;;/p-2. The second kappa shape index (κ2) is 14.2. The fraction of sp³-hybridized carbons (Fsp3) is 0. The predicted molar refractivity (Wildman–Crippen MR) is 40.0 cm³/mol. The molecule has 0 aromatic carbocycles. The number of hydrogen-bond donors (Lipinski definition) is 3. The monoisotopic (exact) mass is 337 g/mol. The molecule has 0 amide bonds. The third kappa shape index (κ3) is 57.5. The molecule has 0 aliphatic rings. The van der Waals surface area contributed by atoms with Crippen LogP contribution in [0.15, 0.2) is 0 Å². The normalized spacial score (nSPS) is 9.94. The van der Waals surface area contributed by atoms with Crippen LogP contribution in [0.2, 0.25) is 0 Å². The Kier molecular flexibility index (Phi) is 26.1. The molecule has 0 spiro atoms. The first-order valence-electron chi connectivity index (χ1n) is 2.03. The molecule has 0 saturated carbocycles. The van der Waals surface area contributed by atoms with Crippen LogP contribution in [0.1, 0.15) is 0 Å². The van der Waals surface area contributed by atoms with E-state index in [1.54, 1.807) is 0 Å². The maximum atomic E-state index is 9.37. The Morgan fingerprint density at radius 2 is 1.00 bits per heavy atom. The molecule has 12 nitrogen and oxygen atoms in total. The van der Waals surface area contributed by atoms with Gasteiger partial charge in [0.15, 0.2) is 0 Å². The van der Waals surface area contributed by atoms with Crippen LogP contribution in [0.25, 0.3) is 0 Å². The molecule has 0 unspecified atom stereocenters. The third-order valence-electron chi connectivity index (χ3n) is 0.194. The van der Waals surface area contributed by atoms with Crippen molar-refractivity contribution in [1.29, 1.82) is 0 Å². The molecule has 0 radical (unpaired) electrons. The average molecular weight is 337 g/mol. The molecule has 0 saturated heterocycles. The van der Waals surface area contributed by atoms with Gasteiger partial charge < -0.3 is 15.3 Å². The van der Waals surface area contributed by atoms with Gasteiger partial charge in [-0.05, 0) is 0 Å². The predicted octanol–water partition coefficient (Wildman–Crippen LogP) is -8.29. The summed E-state index contributed by atoms with van der Waals surface area (Å²) >= 11 is -2.61. The molecule has 17 heavy (non-hydrogen) atoms. The van der Waals surface area contributed by atoms with Crippen LogP contribution < -0.4 is 65.3 Å². The van der Waals surface area contributed by atoms with Crippen LogP contribution in [0.3, 0.4) is 0 Å². The summed E-state index contributed by atoms with van der Waals surface area (Å²) in [5.74, 6) is 0. The molecule has 0 rings (SSSR count). The van der Waals surface area contributed by atoms with Crippen molar-refractivity contribution < 1.29 is 107 Å². The molecular formula is H5NNa2O11S3. The van der Waals surface area contributed by atoms with E-state index in [2.05, 4.69) is 8.67 Å². The zero-order valence-electron chi connectivity index (χ0n) is 8.50. The topological polar surface area (TPSA) is 225 Å². The number of rotatable bonds is 3. The summed E-state index contributed by atoms with van der Waals surface area (Å²) in [7, 11) is -10.6. The molecule has 5 N–H and O–H groups in total. The van der Waals surface area contributed by atoms with Crippen LogP contribution in [-0.2, 0) is 40.8 Å². The fourth-order valence-corrected chi connectivity index (χ4v) is 0.612. The van der Waals surface area contributed by atoms with Crippen molar-refractivity contribution in [3.63, 3.8) is 0 Å². The van der Waals surface area contributed by atoms with E-state index in [-0.39, 0.29) is 65.3 Å². The van der Waals surface area contributed by atoms with Gasteiger partial charge in [-0.15, -0.1) is 8.67 Å². The minimum atomic E-state index is -5.31. The second-order valence-corrected chi connectivity index (χ2v) is 3.55.